The highest BCUT2D eigenvalue weighted by molar-refractivity contribution is 7.13. The van der Waals surface area contributed by atoms with E-state index >= 15 is 0 Å². The van der Waals surface area contributed by atoms with Crippen LogP contribution in [-0.4, -0.2) is 29.6 Å². The molecule has 0 saturated carbocycles. The zero-order chi connectivity index (χ0) is 16.4. The minimum atomic E-state index is 0.240. The first-order valence-corrected chi connectivity index (χ1v) is 8.20. The molecule has 3 heterocycles. The van der Waals surface area contributed by atoms with Crippen LogP contribution in [0.25, 0.3) is 22.2 Å². The van der Waals surface area contributed by atoms with Gasteiger partial charge in [-0.15, -0.1) is 11.3 Å². The van der Waals surface area contributed by atoms with Gasteiger partial charge >= 0.3 is 0 Å². The van der Waals surface area contributed by atoms with E-state index in [1.807, 2.05) is 28.3 Å². The number of hydrogen-bond acceptors (Lipinski definition) is 6. The van der Waals surface area contributed by atoms with Gasteiger partial charge in [0.2, 0.25) is 0 Å². The monoisotopic (exact) mass is 335 g/mol. The third kappa shape index (κ3) is 2.89. The molecule has 1 N–H and O–H groups in total. The molecule has 1 aromatic carbocycles. The van der Waals surface area contributed by atoms with Crippen molar-refractivity contribution in [2.24, 2.45) is 0 Å². The number of thiazole rings is 1. The number of aromatic hydroxyl groups is 1. The zero-order valence-electron chi connectivity index (χ0n) is 12.6. The fraction of sp³-hybridized carbons (Fsp3) is 0.0588. The van der Waals surface area contributed by atoms with Gasteiger partial charge in [0.1, 0.15) is 11.6 Å². The standard InChI is InChI=1S/C17H13N5OS/c23-14-4-2-12(3-5-14)16-20-8-9-22(16)10-13-11-24-17(21-13)15-18-6-1-7-19-15/h1-9,11,23H,10H2. The highest BCUT2D eigenvalue weighted by Gasteiger charge is 2.10. The first-order chi connectivity index (χ1) is 11.8. The number of phenols is 1. The van der Waals surface area contributed by atoms with Crippen LogP contribution in [0.5, 0.6) is 5.75 Å². The Balaban J connectivity index is 1.60. The molecule has 4 rings (SSSR count). The molecule has 0 bridgehead atoms. The van der Waals surface area contributed by atoms with Gasteiger partial charge in [-0.05, 0) is 30.3 Å². The quantitative estimate of drug-likeness (QED) is 0.620. The Kier molecular flexibility index (Phi) is 3.76. The molecule has 4 aromatic rings. The molecule has 0 radical (unpaired) electrons. The third-order valence-corrected chi connectivity index (χ3v) is 4.37. The van der Waals surface area contributed by atoms with Crippen molar-refractivity contribution in [1.29, 1.82) is 0 Å². The van der Waals surface area contributed by atoms with E-state index in [4.69, 9.17) is 0 Å². The topological polar surface area (TPSA) is 76.7 Å². The van der Waals surface area contributed by atoms with Crippen LogP contribution >= 0.6 is 11.3 Å². The fourth-order valence-corrected chi connectivity index (χ4v) is 3.13. The highest BCUT2D eigenvalue weighted by Crippen LogP contribution is 2.23. The summed E-state index contributed by atoms with van der Waals surface area (Å²) < 4.78 is 2.02. The molecule has 0 aliphatic carbocycles. The minimum absolute atomic E-state index is 0.240. The zero-order valence-corrected chi connectivity index (χ0v) is 13.4. The van der Waals surface area contributed by atoms with Crippen molar-refractivity contribution < 1.29 is 5.11 Å². The number of rotatable bonds is 4. The summed E-state index contributed by atoms with van der Waals surface area (Å²) >= 11 is 1.53. The first kappa shape index (κ1) is 14.5. The van der Waals surface area contributed by atoms with E-state index in [1.54, 1.807) is 36.8 Å². The van der Waals surface area contributed by atoms with Gasteiger partial charge in [-0.1, -0.05) is 0 Å². The summed E-state index contributed by atoms with van der Waals surface area (Å²) in [6, 6.07) is 8.79. The molecular weight excluding hydrogens is 322 g/mol. The summed E-state index contributed by atoms with van der Waals surface area (Å²) in [7, 11) is 0. The maximum atomic E-state index is 9.42. The molecule has 3 aromatic heterocycles. The maximum Gasteiger partial charge on any atom is 0.188 e. The summed E-state index contributed by atoms with van der Waals surface area (Å²) in [5, 5.41) is 12.2. The van der Waals surface area contributed by atoms with Crippen LogP contribution in [0.3, 0.4) is 0 Å². The van der Waals surface area contributed by atoms with Crippen LogP contribution in [0.4, 0.5) is 0 Å². The number of phenolic OH excluding ortho intramolecular Hbond substituents is 1. The molecule has 118 valence electrons. The Hall–Kier alpha value is -3.06. The van der Waals surface area contributed by atoms with Crippen LogP contribution in [0.1, 0.15) is 5.69 Å². The summed E-state index contributed by atoms with van der Waals surface area (Å²) in [6.45, 7) is 0.611. The minimum Gasteiger partial charge on any atom is -0.508 e. The Labute approximate surface area is 142 Å². The van der Waals surface area contributed by atoms with Crippen molar-refractivity contribution in [1.82, 2.24) is 24.5 Å². The van der Waals surface area contributed by atoms with Crippen molar-refractivity contribution in [3.63, 3.8) is 0 Å². The summed E-state index contributed by atoms with van der Waals surface area (Å²) in [6.07, 6.45) is 7.10. The smallest absolute Gasteiger partial charge is 0.188 e. The van der Waals surface area contributed by atoms with E-state index in [0.29, 0.717) is 12.4 Å². The molecule has 0 aliphatic rings. The summed E-state index contributed by atoms with van der Waals surface area (Å²) in [5.41, 5.74) is 1.88. The predicted molar refractivity (Wildman–Crippen MR) is 91.6 cm³/mol. The molecule has 0 saturated heterocycles. The average molecular weight is 335 g/mol. The lowest BCUT2D eigenvalue weighted by Gasteiger charge is -2.06. The van der Waals surface area contributed by atoms with Crippen molar-refractivity contribution in [3.8, 4) is 28.0 Å². The van der Waals surface area contributed by atoms with Gasteiger partial charge in [-0.3, -0.25) is 0 Å². The maximum absolute atomic E-state index is 9.42. The van der Waals surface area contributed by atoms with Crippen LogP contribution < -0.4 is 0 Å². The number of nitrogens with zero attached hydrogens (tertiary/aromatic N) is 5. The van der Waals surface area contributed by atoms with Gasteiger partial charge in [0.25, 0.3) is 0 Å². The number of hydrogen-bond donors (Lipinski definition) is 1. The molecule has 0 atom stereocenters. The Bertz CT molecular complexity index is 947. The lowest BCUT2D eigenvalue weighted by atomic mass is 10.2. The van der Waals surface area contributed by atoms with E-state index < -0.39 is 0 Å². The molecule has 0 aliphatic heterocycles. The van der Waals surface area contributed by atoms with Gasteiger partial charge < -0.3 is 9.67 Å². The Morgan fingerprint density at radius 1 is 1.00 bits per heavy atom. The average Bonchev–Trinajstić information content (AvgIpc) is 3.27. The second-order valence-electron chi connectivity index (χ2n) is 5.14. The molecule has 0 fully saturated rings. The lowest BCUT2D eigenvalue weighted by Crippen LogP contribution is -2.01. The third-order valence-electron chi connectivity index (χ3n) is 3.48. The van der Waals surface area contributed by atoms with Crippen molar-refractivity contribution in [3.05, 3.63) is 66.2 Å². The lowest BCUT2D eigenvalue weighted by molar-refractivity contribution is 0.475. The second kappa shape index (κ2) is 6.21. The van der Waals surface area contributed by atoms with Crippen LogP contribution in [-0.2, 0) is 6.54 Å². The number of imidazole rings is 1. The molecule has 24 heavy (non-hydrogen) atoms. The SMILES string of the molecule is Oc1ccc(-c2nccn2Cc2csc(-c3ncccn3)n2)cc1. The van der Waals surface area contributed by atoms with Gasteiger partial charge in [-0.2, -0.15) is 0 Å². The predicted octanol–water partition coefficient (Wildman–Crippen LogP) is 3.22. The van der Waals surface area contributed by atoms with Gasteiger partial charge in [0, 0.05) is 35.7 Å². The molecule has 0 spiro atoms. The normalized spacial score (nSPS) is 10.8. The fourth-order valence-electron chi connectivity index (χ4n) is 2.37. The molecule has 0 amide bonds. The van der Waals surface area contributed by atoms with Crippen molar-refractivity contribution >= 4 is 11.3 Å². The summed E-state index contributed by atoms with van der Waals surface area (Å²) in [5.74, 6) is 1.71. The Morgan fingerprint density at radius 2 is 1.79 bits per heavy atom. The second-order valence-corrected chi connectivity index (χ2v) is 6.00. The highest BCUT2D eigenvalue weighted by atomic mass is 32.1. The van der Waals surface area contributed by atoms with Crippen LogP contribution in [0.2, 0.25) is 0 Å². The van der Waals surface area contributed by atoms with Crippen molar-refractivity contribution in [2.45, 2.75) is 6.54 Å². The van der Waals surface area contributed by atoms with E-state index in [1.165, 1.54) is 11.3 Å². The van der Waals surface area contributed by atoms with Gasteiger partial charge in [-0.25, -0.2) is 19.9 Å². The van der Waals surface area contributed by atoms with Crippen LogP contribution in [0.15, 0.2) is 60.5 Å². The molecule has 7 heteroatoms. The largest absolute Gasteiger partial charge is 0.508 e. The Morgan fingerprint density at radius 3 is 2.58 bits per heavy atom. The molecule has 0 unspecified atom stereocenters. The number of benzene rings is 1. The van der Waals surface area contributed by atoms with Gasteiger partial charge in [0.05, 0.1) is 12.2 Å². The first-order valence-electron chi connectivity index (χ1n) is 7.32. The van der Waals surface area contributed by atoms with Crippen LogP contribution in [0, 0.1) is 0 Å². The van der Waals surface area contributed by atoms with E-state index in [0.717, 1.165) is 22.1 Å². The molecule has 6 nitrogen and oxygen atoms in total. The molecular formula is C17H13N5OS. The van der Waals surface area contributed by atoms with E-state index in [-0.39, 0.29) is 5.75 Å². The van der Waals surface area contributed by atoms with E-state index in [2.05, 4.69) is 19.9 Å². The van der Waals surface area contributed by atoms with Gasteiger partial charge in [0.15, 0.2) is 10.8 Å². The summed E-state index contributed by atoms with van der Waals surface area (Å²) in [4.78, 5) is 17.5. The van der Waals surface area contributed by atoms with E-state index in [9.17, 15) is 5.11 Å². The van der Waals surface area contributed by atoms with Crippen molar-refractivity contribution in [2.75, 3.05) is 0 Å². The number of aromatic nitrogens is 5.